The van der Waals surface area contributed by atoms with Crippen LogP contribution in [-0.4, -0.2) is 12.1 Å². The van der Waals surface area contributed by atoms with E-state index < -0.39 is 5.41 Å². The van der Waals surface area contributed by atoms with Crippen molar-refractivity contribution in [1.82, 2.24) is 5.32 Å². The molecule has 2 aliphatic rings. The zero-order chi connectivity index (χ0) is 18.2. The molecule has 1 aliphatic carbocycles. The monoisotopic (exact) mass is 344 g/mol. The Balaban J connectivity index is 1.70. The van der Waals surface area contributed by atoms with Crippen molar-refractivity contribution in [2.75, 3.05) is 0 Å². The molecule has 1 saturated carbocycles. The molecule has 3 atom stereocenters. The molecule has 0 spiro atoms. The van der Waals surface area contributed by atoms with E-state index in [0.29, 0.717) is 17.5 Å². The van der Waals surface area contributed by atoms with Crippen molar-refractivity contribution in [2.45, 2.75) is 57.0 Å². The Kier molecular flexibility index (Phi) is 4.37. The summed E-state index contributed by atoms with van der Waals surface area (Å²) in [6.45, 7) is 4.81. The highest BCUT2D eigenvalue weighted by Gasteiger charge is 2.49. The average molecular weight is 345 g/mol. The van der Waals surface area contributed by atoms with Gasteiger partial charge in [0.2, 0.25) is 0 Å². The van der Waals surface area contributed by atoms with Crippen LogP contribution in [0.5, 0.6) is 0 Å². The van der Waals surface area contributed by atoms with E-state index in [4.69, 9.17) is 0 Å². The van der Waals surface area contributed by atoms with Gasteiger partial charge in [0, 0.05) is 12.1 Å². The van der Waals surface area contributed by atoms with Crippen molar-refractivity contribution < 1.29 is 0 Å². The van der Waals surface area contributed by atoms with Gasteiger partial charge in [-0.2, -0.15) is 5.26 Å². The Labute approximate surface area is 157 Å². The van der Waals surface area contributed by atoms with Gasteiger partial charge in [-0.1, -0.05) is 74.5 Å². The molecule has 0 amide bonds. The van der Waals surface area contributed by atoms with Crippen LogP contribution >= 0.6 is 0 Å². The van der Waals surface area contributed by atoms with Crippen LogP contribution in [0, 0.1) is 22.7 Å². The van der Waals surface area contributed by atoms with Crippen LogP contribution in [0.3, 0.4) is 0 Å². The Morgan fingerprint density at radius 3 is 2.08 bits per heavy atom. The lowest BCUT2D eigenvalue weighted by atomic mass is 9.67. The van der Waals surface area contributed by atoms with E-state index in [2.05, 4.69) is 49.5 Å². The lowest BCUT2D eigenvalue weighted by molar-refractivity contribution is 0.117. The van der Waals surface area contributed by atoms with E-state index in [1.165, 1.54) is 19.3 Å². The average Bonchev–Trinajstić information content (AvgIpc) is 2.85. The second-order valence-electron chi connectivity index (χ2n) is 8.70. The summed E-state index contributed by atoms with van der Waals surface area (Å²) in [5.74, 6) is 0.765. The summed E-state index contributed by atoms with van der Waals surface area (Å²) < 4.78 is 0. The largest absolute Gasteiger partial charge is 0.311 e. The number of nitrogens with one attached hydrogen (secondary N) is 1. The molecule has 134 valence electrons. The second-order valence-corrected chi connectivity index (χ2v) is 8.70. The minimum atomic E-state index is -0.596. The van der Waals surface area contributed by atoms with Gasteiger partial charge in [0.05, 0.1) is 6.07 Å². The Bertz CT molecular complexity index is 732. The highest BCUT2D eigenvalue weighted by atomic mass is 15.0. The first-order valence-corrected chi connectivity index (χ1v) is 9.84. The van der Waals surface area contributed by atoms with Crippen LogP contribution in [0.1, 0.15) is 50.7 Å². The number of rotatable bonds is 4. The predicted molar refractivity (Wildman–Crippen MR) is 106 cm³/mol. The topological polar surface area (TPSA) is 35.8 Å². The van der Waals surface area contributed by atoms with Crippen molar-refractivity contribution in [1.29, 1.82) is 5.26 Å². The first-order valence-electron chi connectivity index (χ1n) is 9.84. The number of nitrogens with zero attached hydrogens (tertiary/aromatic N) is 1. The third-order valence-electron chi connectivity index (χ3n) is 7.04. The van der Waals surface area contributed by atoms with Gasteiger partial charge in [-0.15, -0.1) is 0 Å². The number of hydrogen-bond donors (Lipinski definition) is 1. The van der Waals surface area contributed by atoms with Crippen molar-refractivity contribution in [2.24, 2.45) is 11.3 Å². The molecule has 1 aliphatic heterocycles. The molecule has 0 radical (unpaired) electrons. The van der Waals surface area contributed by atoms with Crippen molar-refractivity contribution >= 4 is 0 Å². The molecule has 2 aromatic carbocycles. The minimum Gasteiger partial charge on any atom is -0.311 e. The Morgan fingerprint density at radius 1 is 1.00 bits per heavy atom. The standard InChI is InChI=1S/C24H28N2/c1-23(2)20-13-14-22(23)26-21(15-20)16-24(17-25,18-9-5-3-6-10-18)19-11-7-4-8-12-19/h3-12,20-22,26H,13-16H2,1-2H3. The molecule has 1 saturated heterocycles. The maximum atomic E-state index is 10.4. The van der Waals surface area contributed by atoms with Gasteiger partial charge in [-0.05, 0) is 48.1 Å². The van der Waals surface area contributed by atoms with E-state index in [1.54, 1.807) is 0 Å². The quantitative estimate of drug-likeness (QED) is 0.842. The second kappa shape index (κ2) is 6.56. The Hall–Kier alpha value is -2.11. The van der Waals surface area contributed by atoms with Gasteiger partial charge < -0.3 is 5.32 Å². The molecule has 4 rings (SSSR count). The van der Waals surface area contributed by atoms with Crippen LogP contribution in [0.4, 0.5) is 0 Å². The number of benzene rings is 2. The van der Waals surface area contributed by atoms with E-state index >= 15 is 0 Å². The highest BCUT2D eigenvalue weighted by molar-refractivity contribution is 5.46. The maximum absolute atomic E-state index is 10.4. The molecule has 2 bridgehead atoms. The van der Waals surface area contributed by atoms with Gasteiger partial charge in [0.25, 0.3) is 0 Å². The fourth-order valence-electron chi connectivity index (χ4n) is 5.35. The molecule has 26 heavy (non-hydrogen) atoms. The normalized spacial score (nSPS) is 27.0. The molecule has 2 heteroatoms. The van der Waals surface area contributed by atoms with Gasteiger partial charge in [-0.3, -0.25) is 0 Å². The molecule has 0 aromatic heterocycles. The molecule has 2 nitrogen and oxygen atoms in total. The van der Waals surface area contributed by atoms with Crippen LogP contribution in [0.2, 0.25) is 0 Å². The lowest BCUT2D eigenvalue weighted by Gasteiger charge is -2.45. The molecule has 2 fully saturated rings. The fourth-order valence-corrected chi connectivity index (χ4v) is 5.35. The first kappa shape index (κ1) is 17.3. The summed E-state index contributed by atoms with van der Waals surface area (Å²) in [7, 11) is 0. The van der Waals surface area contributed by atoms with Gasteiger partial charge >= 0.3 is 0 Å². The van der Waals surface area contributed by atoms with Gasteiger partial charge in [-0.25, -0.2) is 0 Å². The molecular weight excluding hydrogens is 316 g/mol. The van der Waals surface area contributed by atoms with E-state index in [9.17, 15) is 5.26 Å². The fraction of sp³-hybridized carbons (Fsp3) is 0.458. The summed E-state index contributed by atoms with van der Waals surface area (Å²) in [5, 5.41) is 14.3. The number of nitriles is 1. The molecule has 1 heterocycles. The van der Waals surface area contributed by atoms with E-state index in [-0.39, 0.29) is 0 Å². The highest BCUT2D eigenvalue weighted by Crippen LogP contribution is 2.50. The minimum absolute atomic E-state index is 0.380. The Morgan fingerprint density at radius 2 is 1.58 bits per heavy atom. The van der Waals surface area contributed by atoms with Crippen LogP contribution in [-0.2, 0) is 5.41 Å². The van der Waals surface area contributed by atoms with Crippen molar-refractivity contribution in [3.63, 3.8) is 0 Å². The lowest BCUT2D eigenvalue weighted by Crippen LogP contribution is -2.53. The number of piperidine rings is 1. The maximum Gasteiger partial charge on any atom is 0.109 e. The molecule has 2 aromatic rings. The number of hydrogen-bond acceptors (Lipinski definition) is 2. The summed E-state index contributed by atoms with van der Waals surface area (Å²) >= 11 is 0. The molecule has 1 N–H and O–H groups in total. The zero-order valence-electron chi connectivity index (χ0n) is 15.8. The van der Waals surface area contributed by atoms with Crippen LogP contribution in [0.25, 0.3) is 0 Å². The number of fused-ring (bicyclic) bond motifs is 2. The third kappa shape index (κ3) is 2.75. The smallest absolute Gasteiger partial charge is 0.109 e. The molecule has 3 unspecified atom stereocenters. The van der Waals surface area contributed by atoms with Crippen LogP contribution < -0.4 is 5.32 Å². The summed E-state index contributed by atoms with van der Waals surface area (Å²) in [6.07, 6.45) is 4.59. The summed E-state index contributed by atoms with van der Waals surface area (Å²) in [6, 6.07) is 24.4. The van der Waals surface area contributed by atoms with E-state index in [0.717, 1.165) is 23.5 Å². The summed E-state index contributed by atoms with van der Waals surface area (Å²) in [4.78, 5) is 0. The van der Waals surface area contributed by atoms with Crippen molar-refractivity contribution in [3.05, 3.63) is 71.8 Å². The third-order valence-corrected chi connectivity index (χ3v) is 7.04. The first-order chi connectivity index (χ1) is 12.6. The predicted octanol–water partition coefficient (Wildman–Crippen LogP) is 5.05. The van der Waals surface area contributed by atoms with Crippen LogP contribution in [0.15, 0.2) is 60.7 Å². The SMILES string of the molecule is CC1(C)C2CCC1NC(CC(C#N)(c1ccccc1)c1ccccc1)C2. The molecular formula is C24H28N2. The van der Waals surface area contributed by atoms with Crippen molar-refractivity contribution in [3.8, 4) is 6.07 Å². The zero-order valence-corrected chi connectivity index (χ0v) is 15.8. The summed E-state index contributed by atoms with van der Waals surface area (Å²) in [5.41, 5.74) is 1.99. The van der Waals surface area contributed by atoms with Gasteiger partial charge in [0.1, 0.15) is 5.41 Å². The van der Waals surface area contributed by atoms with Gasteiger partial charge in [0.15, 0.2) is 0 Å². The van der Waals surface area contributed by atoms with E-state index in [1.807, 2.05) is 36.4 Å².